The third kappa shape index (κ3) is 4.35. The highest BCUT2D eigenvalue weighted by molar-refractivity contribution is 6.33. The van der Waals surface area contributed by atoms with Gasteiger partial charge in [-0.05, 0) is 44.9 Å². The van der Waals surface area contributed by atoms with E-state index in [0.717, 1.165) is 35.8 Å². The van der Waals surface area contributed by atoms with Gasteiger partial charge in [0.05, 0.1) is 16.6 Å². The topological polar surface area (TPSA) is 58.4 Å². The molecule has 1 aliphatic rings. The molecule has 2 rings (SSSR count). The molecule has 0 aliphatic carbocycles. The molecule has 1 amide bonds. The minimum Gasteiger partial charge on any atom is -0.370 e. The fraction of sp³-hybridized carbons (Fsp3) is 0.562. The molecule has 0 aromatic heterocycles. The van der Waals surface area contributed by atoms with Gasteiger partial charge in [-0.1, -0.05) is 17.7 Å². The first kappa shape index (κ1) is 16.1. The van der Waals surface area contributed by atoms with E-state index in [4.69, 9.17) is 17.3 Å². The van der Waals surface area contributed by atoms with Gasteiger partial charge in [-0.25, -0.2) is 0 Å². The zero-order chi connectivity index (χ0) is 15.6. The van der Waals surface area contributed by atoms with Gasteiger partial charge >= 0.3 is 0 Å². The molecular weight excluding hydrogens is 286 g/mol. The van der Waals surface area contributed by atoms with Crippen LogP contribution in [0.2, 0.25) is 5.02 Å². The predicted octanol–water partition coefficient (Wildman–Crippen LogP) is 2.54. The number of primary amides is 1. The van der Waals surface area contributed by atoms with Gasteiger partial charge in [-0.2, -0.15) is 0 Å². The van der Waals surface area contributed by atoms with Gasteiger partial charge in [0.15, 0.2) is 0 Å². The van der Waals surface area contributed by atoms with Gasteiger partial charge < -0.3 is 16.0 Å². The Morgan fingerprint density at radius 1 is 1.48 bits per heavy atom. The molecular formula is C16H24ClN3O. The number of nitrogens with two attached hydrogens (primary N) is 1. The summed E-state index contributed by atoms with van der Waals surface area (Å²) in [5.41, 5.74) is 7.59. The largest absolute Gasteiger partial charge is 0.370 e. The fourth-order valence-corrected chi connectivity index (χ4v) is 2.82. The standard InChI is InChI=1S/C16H24ClN3O/c1-16(2,3)19-9-11-4-5-14(13(17)8-11)20-7-6-12(10-20)15(18)21/h4-5,8,12,19H,6-7,9-10H2,1-3H3,(H2,18,21). The van der Waals surface area contributed by atoms with Crippen molar-refractivity contribution in [2.45, 2.75) is 39.3 Å². The summed E-state index contributed by atoms with van der Waals surface area (Å²) >= 11 is 6.40. The SMILES string of the molecule is CC(C)(C)NCc1ccc(N2CCC(C(N)=O)C2)c(Cl)c1. The minimum atomic E-state index is -0.223. The number of nitrogens with one attached hydrogen (secondary N) is 1. The zero-order valence-corrected chi connectivity index (χ0v) is 13.7. The lowest BCUT2D eigenvalue weighted by molar-refractivity contribution is -0.121. The van der Waals surface area contributed by atoms with Crippen LogP contribution >= 0.6 is 11.6 Å². The molecule has 1 saturated heterocycles. The van der Waals surface area contributed by atoms with Crippen molar-refractivity contribution in [3.05, 3.63) is 28.8 Å². The van der Waals surface area contributed by atoms with Crippen LogP contribution in [0.3, 0.4) is 0 Å². The van der Waals surface area contributed by atoms with Crippen LogP contribution in [0.4, 0.5) is 5.69 Å². The lowest BCUT2D eigenvalue weighted by Crippen LogP contribution is -2.35. The van der Waals surface area contributed by atoms with Crippen molar-refractivity contribution < 1.29 is 4.79 Å². The van der Waals surface area contributed by atoms with E-state index in [9.17, 15) is 4.79 Å². The normalized spacial score (nSPS) is 19.0. The molecule has 1 unspecified atom stereocenters. The summed E-state index contributed by atoms with van der Waals surface area (Å²) in [5.74, 6) is -0.289. The predicted molar refractivity (Wildman–Crippen MR) is 87.6 cm³/mol. The molecule has 1 aromatic carbocycles. The Kier molecular flexibility index (Phi) is 4.79. The monoisotopic (exact) mass is 309 g/mol. The Hall–Kier alpha value is -1.26. The van der Waals surface area contributed by atoms with Crippen LogP contribution < -0.4 is 16.0 Å². The molecule has 1 aromatic rings. The van der Waals surface area contributed by atoms with Crippen molar-refractivity contribution in [1.82, 2.24) is 5.32 Å². The highest BCUT2D eigenvalue weighted by Gasteiger charge is 2.27. The van der Waals surface area contributed by atoms with Gasteiger partial charge in [0.1, 0.15) is 0 Å². The summed E-state index contributed by atoms with van der Waals surface area (Å²) in [4.78, 5) is 13.4. The first-order chi connectivity index (χ1) is 9.76. The molecule has 0 bridgehead atoms. The fourth-order valence-electron chi connectivity index (χ4n) is 2.50. The van der Waals surface area contributed by atoms with Crippen molar-refractivity contribution in [2.24, 2.45) is 11.7 Å². The Morgan fingerprint density at radius 3 is 2.71 bits per heavy atom. The Bertz CT molecular complexity index is 525. The molecule has 1 heterocycles. The lowest BCUT2D eigenvalue weighted by Gasteiger charge is -2.22. The van der Waals surface area contributed by atoms with Gasteiger partial charge in [-0.15, -0.1) is 0 Å². The van der Waals surface area contributed by atoms with Crippen LogP contribution in [-0.2, 0) is 11.3 Å². The van der Waals surface area contributed by atoms with E-state index in [0.29, 0.717) is 6.54 Å². The molecule has 3 N–H and O–H groups in total. The average molecular weight is 310 g/mol. The molecule has 1 fully saturated rings. The number of anilines is 1. The summed E-state index contributed by atoms with van der Waals surface area (Å²) in [7, 11) is 0. The Morgan fingerprint density at radius 2 is 2.19 bits per heavy atom. The third-order valence-electron chi connectivity index (χ3n) is 3.77. The number of carbonyl (C=O) groups is 1. The Labute approximate surface area is 131 Å². The maximum absolute atomic E-state index is 11.3. The van der Waals surface area contributed by atoms with Crippen LogP contribution in [0.15, 0.2) is 18.2 Å². The summed E-state index contributed by atoms with van der Waals surface area (Å²) in [6.07, 6.45) is 0.805. The van der Waals surface area contributed by atoms with Crippen molar-refractivity contribution in [2.75, 3.05) is 18.0 Å². The van der Waals surface area contributed by atoms with E-state index in [-0.39, 0.29) is 17.4 Å². The summed E-state index contributed by atoms with van der Waals surface area (Å²) in [6, 6.07) is 6.11. The summed E-state index contributed by atoms with van der Waals surface area (Å²) in [6.45, 7) is 8.68. The van der Waals surface area contributed by atoms with Crippen molar-refractivity contribution >= 4 is 23.2 Å². The molecule has 4 nitrogen and oxygen atoms in total. The molecule has 1 aliphatic heterocycles. The Balaban J connectivity index is 2.04. The third-order valence-corrected chi connectivity index (χ3v) is 4.07. The van der Waals surface area contributed by atoms with E-state index in [2.05, 4.69) is 37.1 Å². The first-order valence-corrected chi connectivity index (χ1v) is 7.72. The van der Waals surface area contributed by atoms with Crippen LogP contribution in [0, 0.1) is 5.92 Å². The lowest BCUT2D eigenvalue weighted by atomic mass is 10.1. The quantitative estimate of drug-likeness (QED) is 0.898. The van der Waals surface area contributed by atoms with Crippen LogP contribution in [0.1, 0.15) is 32.8 Å². The van der Waals surface area contributed by atoms with Gasteiger partial charge in [-0.3, -0.25) is 4.79 Å². The molecule has 0 radical (unpaired) electrons. The maximum atomic E-state index is 11.3. The van der Waals surface area contributed by atoms with Crippen LogP contribution in [0.25, 0.3) is 0 Å². The second-order valence-electron chi connectivity index (χ2n) is 6.72. The highest BCUT2D eigenvalue weighted by atomic mass is 35.5. The molecule has 0 saturated carbocycles. The molecule has 116 valence electrons. The van der Waals surface area contributed by atoms with Crippen LogP contribution in [0.5, 0.6) is 0 Å². The highest BCUT2D eigenvalue weighted by Crippen LogP contribution is 2.31. The van der Waals surface area contributed by atoms with E-state index in [1.54, 1.807) is 0 Å². The molecule has 21 heavy (non-hydrogen) atoms. The number of halogens is 1. The van der Waals surface area contributed by atoms with Crippen molar-refractivity contribution in [1.29, 1.82) is 0 Å². The average Bonchev–Trinajstić information content (AvgIpc) is 2.85. The van der Waals surface area contributed by atoms with Gasteiger partial charge in [0, 0.05) is 25.2 Å². The van der Waals surface area contributed by atoms with Gasteiger partial charge in [0.2, 0.25) is 5.91 Å². The number of nitrogens with zero attached hydrogens (tertiary/aromatic N) is 1. The van der Waals surface area contributed by atoms with Crippen LogP contribution in [-0.4, -0.2) is 24.5 Å². The number of hydrogen-bond donors (Lipinski definition) is 2. The smallest absolute Gasteiger partial charge is 0.222 e. The van der Waals surface area contributed by atoms with E-state index < -0.39 is 0 Å². The molecule has 0 spiro atoms. The molecule has 1 atom stereocenters. The first-order valence-electron chi connectivity index (χ1n) is 7.34. The van der Waals surface area contributed by atoms with Gasteiger partial charge in [0.25, 0.3) is 0 Å². The maximum Gasteiger partial charge on any atom is 0.222 e. The minimum absolute atomic E-state index is 0.0664. The van der Waals surface area contributed by atoms with Crippen molar-refractivity contribution in [3.63, 3.8) is 0 Å². The number of amides is 1. The second kappa shape index (κ2) is 6.24. The second-order valence-corrected chi connectivity index (χ2v) is 7.13. The van der Waals surface area contributed by atoms with Crippen molar-refractivity contribution in [3.8, 4) is 0 Å². The molecule has 5 heteroatoms. The number of carbonyl (C=O) groups excluding carboxylic acids is 1. The summed E-state index contributed by atoms with van der Waals surface area (Å²) in [5, 5.41) is 4.17. The number of rotatable bonds is 4. The number of hydrogen-bond acceptors (Lipinski definition) is 3. The zero-order valence-electron chi connectivity index (χ0n) is 12.9. The summed E-state index contributed by atoms with van der Waals surface area (Å²) < 4.78 is 0. The van der Waals surface area contributed by atoms with E-state index in [1.807, 2.05) is 12.1 Å². The number of benzene rings is 1. The van der Waals surface area contributed by atoms with E-state index in [1.165, 1.54) is 0 Å². The van der Waals surface area contributed by atoms with E-state index >= 15 is 0 Å².